The molecule has 0 amide bonds. The number of hydrogen-bond donors (Lipinski definition) is 2. The topological polar surface area (TPSA) is 103 Å². The second-order valence-electron chi connectivity index (χ2n) is 8.85. The SMILES string of the molecule is CC(C)OC(=O)C1(C(=O)OC(C)C)Oc2cccc(CCCNCC(O)c3cccc(Cl)c3)c2O1. The monoisotopic (exact) mass is 505 g/mol. The number of halogens is 1. The van der Waals surface area contributed by atoms with E-state index in [1.807, 2.05) is 12.1 Å². The predicted octanol–water partition coefficient (Wildman–Crippen LogP) is 3.97. The summed E-state index contributed by atoms with van der Waals surface area (Å²) in [6.07, 6.45) is -0.334. The van der Waals surface area contributed by atoms with Crippen molar-refractivity contribution < 1.29 is 33.6 Å². The molecule has 3 rings (SSSR count). The van der Waals surface area contributed by atoms with Gasteiger partial charge >= 0.3 is 17.7 Å². The van der Waals surface area contributed by atoms with Gasteiger partial charge in [-0.15, -0.1) is 0 Å². The van der Waals surface area contributed by atoms with Gasteiger partial charge in [-0.2, -0.15) is 0 Å². The number of hydrogen-bond acceptors (Lipinski definition) is 8. The predicted molar refractivity (Wildman–Crippen MR) is 130 cm³/mol. The van der Waals surface area contributed by atoms with Crippen LogP contribution < -0.4 is 14.8 Å². The van der Waals surface area contributed by atoms with Crippen LogP contribution in [0, 0.1) is 0 Å². The Labute approximate surface area is 210 Å². The molecule has 0 bridgehead atoms. The minimum Gasteiger partial charge on any atom is -0.457 e. The molecule has 0 saturated carbocycles. The van der Waals surface area contributed by atoms with E-state index < -0.39 is 36.0 Å². The van der Waals surface area contributed by atoms with Crippen LogP contribution in [0.25, 0.3) is 0 Å². The number of carbonyl (C=O) groups excluding carboxylic acids is 2. The van der Waals surface area contributed by atoms with Gasteiger partial charge in [0.2, 0.25) is 0 Å². The molecule has 1 aliphatic heterocycles. The molecular weight excluding hydrogens is 474 g/mol. The van der Waals surface area contributed by atoms with Crippen LogP contribution in [0.4, 0.5) is 0 Å². The zero-order chi connectivity index (χ0) is 25.6. The number of esters is 2. The van der Waals surface area contributed by atoms with E-state index in [4.69, 9.17) is 30.5 Å². The highest BCUT2D eigenvalue weighted by molar-refractivity contribution is 6.30. The standard InChI is InChI=1S/C26H32ClNO7/c1-16(2)32-24(30)26(25(31)33-17(3)4)34-22-12-6-8-18(23(22)35-26)10-7-13-28-15-21(29)19-9-5-11-20(27)14-19/h5-6,8-9,11-12,14,16-17,21,28-29H,7,10,13,15H2,1-4H3. The van der Waals surface area contributed by atoms with Crippen LogP contribution in [0.1, 0.15) is 51.3 Å². The molecule has 8 nitrogen and oxygen atoms in total. The third-order valence-electron chi connectivity index (χ3n) is 5.15. The van der Waals surface area contributed by atoms with E-state index in [-0.39, 0.29) is 5.75 Å². The Morgan fingerprint density at radius 1 is 1.03 bits per heavy atom. The first-order valence-electron chi connectivity index (χ1n) is 11.7. The van der Waals surface area contributed by atoms with Crippen LogP contribution in [0.2, 0.25) is 5.02 Å². The summed E-state index contributed by atoms with van der Waals surface area (Å²) in [6, 6.07) is 12.4. The lowest BCUT2D eigenvalue weighted by atomic mass is 10.1. The summed E-state index contributed by atoms with van der Waals surface area (Å²) < 4.78 is 22.1. The Bertz CT molecular complexity index is 1020. The number of fused-ring (bicyclic) bond motifs is 1. The maximum Gasteiger partial charge on any atom is 0.453 e. The van der Waals surface area contributed by atoms with Gasteiger partial charge in [0.15, 0.2) is 11.5 Å². The zero-order valence-corrected chi connectivity index (χ0v) is 21.1. The van der Waals surface area contributed by atoms with E-state index in [0.717, 1.165) is 11.1 Å². The van der Waals surface area contributed by atoms with Crippen molar-refractivity contribution in [2.24, 2.45) is 0 Å². The molecule has 1 atom stereocenters. The lowest BCUT2D eigenvalue weighted by Crippen LogP contribution is -2.56. The zero-order valence-electron chi connectivity index (χ0n) is 20.4. The van der Waals surface area contributed by atoms with Gasteiger partial charge in [0, 0.05) is 11.6 Å². The summed E-state index contributed by atoms with van der Waals surface area (Å²) in [6.45, 7) is 7.68. The van der Waals surface area contributed by atoms with Crippen LogP contribution >= 0.6 is 11.6 Å². The van der Waals surface area contributed by atoms with Crippen molar-refractivity contribution in [1.29, 1.82) is 0 Å². The first-order chi connectivity index (χ1) is 16.6. The minimum atomic E-state index is -2.34. The van der Waals surface area contributed by atoms with E-state index in [1.165, 1.54) is 0 Å². The molecule has 2 N–H and O–H groups in total. The molecule has 0 aliphatic carbocycles. The molecule has 1 heterocycles. The Kier molecular flexibility index (Phi) is 8.99. The fraction of sp³-hybridized carbons (Fsp3) is 0.462. The summed E-state index contributed by atoms with van der Waals surface area (Å²) in [5, 5.41) is 14.1. The molecule has 9 heteroatoms. The number of aliphatic hydroxyl groups excluding tert-OH is 1. The summed E-state index contributed by atoms with van der Waals surface area (Å²) >= 11 is 5.98. The third-order valence-corrected chi connectivity index (χ3v) is 5.39. The fourth-order valence-corrected chi connectivity index (χ4v) is 3.78. The van der Waals surface area contributed by atoms with Gasteiger partial charge in [-0.05, 0) is 76.4 Å². The van der Waals surface area contributed by atoms with Crippen molar-refractivity contribution in [3.8, 4) is 11.5 Å². The van der Waals surface area contributed by atoms with Crippen molar-refractivity contribution in [2.75, 3.05) is 13.1 Å². The Hall–Kier alpha value is -2.81. The molecule has 0 radical (unpaired) electrons. The number of ether oxygens (including phenoxy) is 4. The van der Waals surface area contributed by atoms with Crippen molar-refractivity contribution in [3.63, 3.8) is 0 Å². The minimum absolute atomic E-state index is 0.272. The lowest BCUT2D eigenvalue weighted by Gasteiger charge is -2.25. The molecule has 2 aromatic rings. The number of aliphatic hydroxyl groups is 1. The van der Waals surface area contributed by atoms with Gasteiger partial charge in [-0.1, -0.05) is 35.9 Å². The molecule has 190 valence electrons. The number of rotatable bonds is 11. The van der Waals surface area contributed by atoms with Gasteiger partial charge in [0.1, 0.15) is 0 Å². The van der Waals surface area contributed by atoms with Crippen LogP contribution in [-0.2, 0) is 25.5 Å². The molecule has 35 heavy (non-hydrogen) atoms. The quantitative estimate of drug-likeness (QED) is 0.269. The second kappa shape index (κ2) is 11.7. The van der Waals surface area contributed by atoms with E-state index in [0.29, 0.717) is 36.7 Å². The van der Waals surface area contributed by atoms with Crippen LogP contribution in [0.15, 0.2) is 42.5 Å². The molecule has 2 aromatic carbocycles. The summed E-state index contributed by atoms with van der Waals surface area (Å²) in [4.78, 5) is 25.7. The van der Waals surface area contributed by atoms with Crippen molar-refractivity contribution in [3.05, 3.63) is 58.6 Å². The molecule has 0 spiro atoms. The number of aryl methyl sites for hydroxylation is 1. The fourth-order valence-electron chi connectivity index (χ4n) is 3.58. The molecule has 0 aromatic heterocycles. The van der Waals surface area contributed by atoms with Gasteiger partial charge in [0.05, 0.1) is 18.3 Å². The van der Waals surface area contributed by atoms with Gasteiger partial charge in [0.25, 0.3) is 0 Å². The average molecular weight is 506 g/mol. The van der Waals surface area contributed by atoms with E-state index >= 15 is 0 Å². The molecule has 0 fully saturated rings. The first kappa shape index (κ1) is 26.8. The van der Waals surface area contributed by atoms with E-state index in [9.17, 15) is 14.7 Å². The largest absolute Gasteiger partial charge is 0.457 e. The second-order valence-corrected chi connectivity index (χ2v) is 9.29. The highest BCUT2D eigenvalue weighted by Crippen LogP contribution is 2.43. The third kappa shape index (κ3) is 6.66. The van der Waals surface area contributed by atoms with Gasteiger partial charge < -0.3 is 29.4 Å². The van der Waals surface area contributed by atoms with E-state index in [2.05, 4.69) is 5.32 Å². The Balaban J connectivity index is 1.63. The van der Waals surface area contributed by atoms with Crippen molar-refractivity contribution >= 4 is 23.5 Å². The van der Waals surface area contributed by atoms with Crippen LogP contribution in [0.3, 0.4) is 0 Å². The van der Waals surface area contributed by atoms with E-state index in [1.54, 1.807) is 58.0 Å². The maximum atomic E-state index is 12.9. The molecular formula is C26H32ClNO7. The average Bonchev–Trinajstić information content (AvgIpc) is 3.20. The smallest absolute Gasteiger partial charge is 0.453 e. The normalized spacial score (nSPS) is 14.7. The molecule has 1 aliphatic rings. The number of para-hydroxylation sites is 1. The highest BCUT2D eigenvalue weighted by Gasteiger charge is 2.60. The number of nitrogens with one attached hydrogen (secondary N) is 1. The van der Waals surface area contributed by atoms with Gasteiger partial charge in [-0.3, -0.25) is 0 Å². The molecule has 1 unspecified atom stereocenters. The summed E-state index contributed by atoms with van der Waals surface area (Å²) in [5.74, 6) is -3.68. The lowest BCUT2D eigenvalue weighted by molar-refractivity contribution is -0.207. The van der Waals surface area contributed by atoms with Crippen LogP contribution in [-0.4, -0.2) is 48.1 Å². The van der Waals surface area contributed by atoms with Crippen LogP contribution in [0.5, 0.6) is 11.5 Å². The first-order valence-corrected chi connectivity index (χ1v) is 12.1. The maximum absolute atomic E-state index is 12.9. The summed E-state index contributed by atoms with van der Waals surface area (Å²) in [5.41, 5.74) is 1.52. The Morgan fingerprint density at radius 2 is 1.69 bits per heavy atom. The number of carbonyl (C=O) groups is 2. The van der Waals surface area contributed by atoms with Gasteiger partial charge in [-0.25, -0.2) is 9.59 Å². The number of benzene rings is 2. The molecule has 0 saturated heterocycles. The van der Waals surface area contributed by atoms with Crippen molar-refractivity contribution in [1.82, 2.24) is 5.32 Å². The summed E-state index contributed by atoms with van der Waals surface area (Å²) in [7, 11) is 0. The Morgan fingerprint density at radius 3 is 2.31 bits per heavy atom. The highest BCUT2D eigenvalue weighted by atomic mass is 35.5. The van der Waals surface area contributed by atoms with Crippen molar-refractivity contribution in [2.45, 2.75) is 64.6 Å².